The highest BCUT2D eigenvalue weighted by Gasteiger charge is 2.31. The van der Waals surface area contributed by atoms with Crippen molar-refractivity contribution in [1.82, 2.24) is 10.2 Å². The largest absolute Gasteiger partial charge is 0.484 e. The van der Waals surface area contributed by atoms with Crippen LogP contribution in [0.2, 0.25) is 0 Å². The lowest BCUT2D eigenvalue weighted by atomic mass is 10.00. The van der Waals surface area contributed by atoms with Gasteiger partial charge in [-0.05, 0) is 6.54 Å². The van der Waals surface area contributed by atoms with E-state index in [0.717, 1.165) is 25.1 Å². The topological polar surface area (TPSA) is 93.7 Å². The van der Waals surface area contributed by atoms with Crippen LogP contribution in [0, 0.1) is 10.1 Å². The number of hydrogen-bond donors (Lipinski definition) is 2. The van der Waals surface area contributed by atoms with E-state index < -0.39 is 4.92 Å². The SMILES string of the molecule is NCCC1=CNCN1[C@H]1COc2c(cccc2[N+](=O)[O-])C1. The Morgan fingerprint density at radius 3 is 3.14 bits per heavy atom. The second-order valence-corrected chi connectivity index (χ2v) is 5.20. The number of nitrogens with zero attached hydrogens (tertiary/aromatic N) is 2. The van der Waals surface area contributed by atoms with E-state index in [4.69, 9.17) is 10.5 Å². The minimum absolute atomic E-state index is 0.0446. The Labute approximate surface area is 122 Å². The van der Waals surface area contributed by atoms with Gasteiger partial charge in [0.25, 0.3) is 0 Å². The van der Waals surface area contributed by atoms with E-state index in [-0.39, 0.29) is 11.7 Å². The van der Waals surface area contributed by atoms with Crippen LogP contribution in [0.4, 0.5) is 5.69 Å². The summed E-state index contributed by atoms with van der Waals surface area (Å²) in [7, 11) is 0. The van der Waals surface area contributed by atoms with Crippen LogP contribution in [0.15, 0.2) is 30.1 Å². The number of nitro groups is 1. The molecule has 0 fully saturated rings. The van der Waals surface area contributed by atoms with Crippen LogP contribution in [0.25, 0.3) is 0 Å². The maximum Gasteiger partial charge on any atom is 0.311 e. The van der Waals surface area contributed by atoms with Crippen molar-refractivity contribution in [1.29, 1.82) is 0 Å². The first-order valence-electron chi connectivity index (χ1n) is 6.99. The minimum atomic E-state index is -0.393. The third-order valence-corrected chi connectivity index (χ3v) is 3.89. The van der Waals surface area contributed by atoms with Crippen molar-refractivity contribution >= 4 is 5.69 Å². The zero-order valence-corrected chi connectivity index (χ0v) is 11.6. The molecular formula is C14H18N4O3. The van der Waals surface area contributed by atoms with Gasteiger partial charge in [0.2, 0.25) is 0 Å². The second-order valence-electron chi connectivity index (χ2n) is 5.20. The lowest BCUT2D eigenvalue weighted by Crippen LogP contribution is -2.43. The molecule has 112 valence electrons. The van der Waals surface area contributed by atoms with Gasteiger partial charge >= 0.3 is 5.69 Å². The molecule has 7 nitrogen and oxygen atoms in total. The van der Waals surface area contributed by atoms with Crippen LogP contribution in [-0.2, 0) is 6.42 Å². The first kappa shape index (κ1) is 13.7. The number of para-hydroxylation sites is 1. The molecule has 0 bridgehead atoms. The smallest absolute Gasteiger partial charge is 0.311 e. The third-order valence-electron chi connectivity index (χ3n) is 3.89. The summed E-state index contributed by atoms with van der Waals surface area (Å²) in [5.74, 6) is 0.412. The Kier molecular flexibility index (Phi) is 3.66. The zero-order valence-electron chi connectivity index (χ0n) is 11.6. The highest BCUT2D eigenvalue weighted by atomic mass is 16.6. The predicted octanol–water partition coefficient (Wildman–Crippen LogP) is 0.951. The van der Waals surface area contributed by atoms with Gasteiger partial charge in [-0.15, -0.1) is 0 Å². The summed E-state index contributed by atoms with van der Waals surface area (Å²) in [5, 5.41) is 14.2. The van der Waals surface area contributed by atoms with Crippen LogP contribution >= 0.6 is 0 Å². The molecule has 3 rings (SSSR count). The number of fused-ring (bicyclic) bond motifs is 1. The van der Waals surface area contributed by atoms with E-state index in [9.17, 15) is 10.1 Å². The van der Waals surface area contributed by atoms with Crippen molar-refractivity contribution in [2.24, 2.45) is 5.73 Å². The van der Waals surface area contributed by atoms with Gasteiger partial charge in [-0.25, -0.2) is 0 Å². The molecule has 0 saturated heterocycles. The predicted molar refractivity (Wildman–Crippen MR) is 77.7 cm³/mol. The number of ether oxygens (including phenoxy) is 1. The summed E-state index contributed by atoms with van der Waals surface area (Å²) in [4.78, 5) is 12.9. The Hall–Kier alpha value is -2.28. The number of benzene rings is 1. The van der Waals surface area contributed by atoms with Gasteiger partial charge in [-0.3, -0.25) is 10.1 Å². The fourth-order valence-electron chi connectivity index (χ4n) is 2.91. The monoisotopic (exact) mass is 290 g/mol. The lowest BCUT2D eigenvalue weighted by molar-refractivity contribution is -0.386. The molecule has 0 amide bonds. The maximum absolute atomic E-state index is 11.0. The number of nitrogens with two attached hydrogens (primary N) is 1. The van der Waals surface area contributed by atoms with E-state index in [1.165, 1.54) is 11.8 Å². The first-order valence-corrected chi connectivity index (χ1v) is 6.99. The molecule has 1 aromatic carbocycles. The van der Waals surface area contributed by atoms with Gasteiger partial charge in [0.05, 0.1) is 17.6 Å². The summed E-state index contributed by atoms with van der Waals surface area (Å²) in [6.07, 6.45) is 3.53. The second kappa shape index (κ2) is 5.61. The normalized spacial score (nSPS) is 20.3. The fourth-order valence-corrected chi connectivity index (χ4v) is 2.91. The minimum Gasteiger partial charge on any atom is -0.484 e. The third kappa shape index (κ3) is 2.52. The fraction of sp³-hybridized carbons (Fsp3) is 0.429. The van der Waals surface area contributed by atoms with Crippen molar-refractivity contribution in [2.45, 2.75) is 18.9 Å². The van der Waals surface area contributed by atoms with Gasteiger partial charge in [0.15, 0.2) is 5.75 Å². The molecule has 0 unspecified atom stereocenters. The summed E-state index contributed by atoms with van der Waals surface area (Å²) in [6.45, 7) is 1.77. The molecule has 3 N–H and O–H groups in total. The van der Waals surface area contributed by atoms with Crippen molar-refractivity contribution in [3.8, 4) is 5.75 Å². The Balaban J connectivity index is 1.81. The highest BCUT2D eigenvalue weighted by molar-refractivity contribution is 5.53. The van der Waals surface area contributed by atoms with Crippen molar-refractivity contribution in [3.63, 3.8) is 0 Å². The number of nitro benzene ring substituents is 1. The van der Waals surface area contributed by atoms with Crippen molar-refractivity contribution in [2.75, 3.05) is 19.8 Å². The molecule has 2 heterocycles. The quantitative estimate of drug-likeness (QED) is 0.633. The molecule has 1 atom stereocenters. The van der Waals surface area contributed by atoms with E-state index in [0.29, 0.717) is 18.9 Å². The molecule has 0 radical (unpaired) electrons. The van der Waals surface area contributed by atoms with Crippen molar-refractivity contribution < 1.29 is 9.66 Å². The van der Waals surface area contributed by atoms with Gasteiger partial charge in [0, 0.05) is 36.4 Å². The van der Waals surface area contributed by atoms with Crippen LogP contribution in [0.5, 0.6) is 5.75 Å². The van der Waals surface area contributed by atoms with Gasteiger partial charge in [0.1, 0.15) is 6.61 Å². The first-order chi connectivity index (χ1) is 10.2. The van der Waals surface area contributed by atoms with Crippen LogP contribution in [0.1, 0.15) is 12.0 Å². The van der Waals surface area contributed by atoms with Crippen molar-refractivity contribution in [3.05, 3.63) is 45.8 Å². The van der Waals surface area contributed by atoms with Gasteiger partial charge < -0.3 is 20.7 Å². The summed E-state index contributed by atoms with van der Waals surface area (Å²) in [5.41, 5.74) is 7.73. The Morgan fingerprint density at radius 1 is 1.52 bits per heavy atom. The molecule has 0 aromatic heterocycles. The summed E-state index contributed by atoms with van der Waals surface area (Å²) in [6, 6.07) is 5.26. The maximum atomic E-state index is 11.0. The molecule has 2 aliphatic heterocycles. The van der Waals surface area contributed by atoms with Gasteiger partial charge in [-0.1, -0.05) is 12.1 Å². The van der Waals surface area contributed by atoms with Crippen LogP contribution in [0.3, 0.4) is 0 Å². The molecule has 0 spiro atoms. The van der Waals surface area contributed by atoms with E-state index in [1.807, 2.05) is 12.3 Å². The molecule has 0 saturated carbocycles. The van der Waals surface area contributed by atoms with Crippen LogP contribution in [-0.4, -0.2) is 35.7 Å². The van der Waals surface area contributed by atoms with Crippen LogP contribution < -0.4 is 15.8 Å². The molecule has 21 heavy (non-hydrogen) atoms. The average Bonchev–Trinajstić information content (AvgIpc) is 2.94. The zero-order chi connectivity index (χ0) is 14.8. The van der Waals surface area contributed by atoms with E-state index >= 15 is 0 Å². The lowest BCUT2D eigenvalue weighted by Gasteiger charge is -2.34. The molecule has 0 aliphatic carbocycles. The summed E-state index contributed by atoms with van der Waals surface area (Å²) >= 11 is 0. The molecule has 1 aromatic rings. The van der Waals surface area contributed by atoms with E-state index in [2.05, 4.69) is 10.2 Å². The van der Waals surface area contributed by atoms with E-state index in [1.54, 1.807) is 6.07 Å². The van der Waals surface area contributed by atoms with Gasteiger partial charge in [-0.2, -0.15) is 0 Å². The Morgan fingerprint density at radius 2 is 2.38 bits per heavy atom. The number of hydrogen-bond acceptors (Lipinski definition) is 6. The molecule has 2 aliphatic rings. The number of nitrogens with one attached hydrogen (secondary N) is 1. The molecule has 7 heteroatoms. The highest BCUT2D eigenvalue weighted by Crippen LogP contribution is 2.36. The Bertz CT molecular complexity index is 588. The standard InChI is InChI=1S/C14H18N4O3/c15-5-4-11-7-16-9-17(11)12-6-10-2-1-3-13(18(19)20)14(10)21-8-12/h1-3,7,12,16H,4-6,8-9,15H2/t12-/m1/s1. The molecular weight excluding hydrogens is 272 g/mol. The summed E-state index contributed by atoms with van der Waals surface area (Å²) < 4.78 is 5.70. The number of rotatable bonds is 4. The average molecular weight is 290 g/mol.